The van der Waals surface area contributed by atoms with Crippen LogP contribution in [0.4, 0.5) is 0 Å². The Labute approximate surface area is 99.4 Å². The van der Waals surface area contributed by atoms with Gasteiger partial charge in [-0.15, -0.1) is 0 Å². The van der Waals surface area contributed by atoms with Crippen LogP contribution in [-0.4, -0.2) is 59.8 Å². The van der Waals surface area contributed by atoms with E-state index in [-0.39, 0.29) is 0 Å². The van der Waals surface area contributed by atoms with Gasteiger partial charge in [0.05, 0.1) is 0 Å². The van der Waals surface area contributed by atoms with Gasteiger partial charge in [-0.1, -0.05) is 12.8 Å². The smallest absolute Gasteiger partial charge is 0.0446 e. The average molecular weight is 226 g/mol. The summed E-state index contributed by atoms with van der Waals surface area (Å²) in [6.45, 7) is 5.00. The largest absolute Gasteiger partial charge is 0.396 e. The van der Waals surface area contributed by atoms with Gasteiger partial charge in [0.2, 0.25) is 0 Å². The van der Waals surface area contributed by atoms with Crippen LogP contribution in [-0.2, 0) is 0 Å². The van der Waals surface area contributed by atoms with Crippen molar-refractivity contribution >= 4 is 0 Å². The second-order valence-corrected chi connectivity index (χ2v) is 5.57. The Morgan fingerprint density at radius 3 is 2.50 bits per heavy atom. The van der Waals surface area contributed by atoms with E-state index in [1.165, 1.54) is 32.2 Å². The standard InChI is InChI=1S/C13H26N2O/c1-11-9-15(12-5-3-4-6-12)10-13(7-8-16)14(11)2/h11-13,16H,3-10H2,1-2H3. The molecule has 2 atom stereocenters. The van der Waals surface area contributed by atoms with Crippen LogP contribution < -0.4 is 0 Å². The number of rotatable bonds is 3. The fraction of sp³-hybridized carbons (Fsp3) is 1.00. The average Bonchev–Trinajstić information content (AvgIpc) is 2.78. The number of likely N-dealkylation sites (N-methyl/N-ethyl adjacent to an activating group) is 1. The third-order valence-electron chi connectivity index (χ3n) is 4.52. The van der Waals surface area contributed by atoms with Crippen molar-refractivity contribution < 1.29 is 5.11 Å². The lowest BCUT2D eigenvalue weighted by molar-refractivity contribution is 0.0180. The second-order valence-electron chi connectivity index (χ2n) is 5.57. The van der Waals surface area contributed by atoms with Crippen LogP contribution in [0.15, 0.2) is 0 Å². The zero-order chi connectivity index (χ0) is 11.5. The van der Waals surface area contributed by atoms with Crippen molar-refractivity contribution in [1.29, 1.82) is 0 Å². The van der Waals surface area contributed by atoms with Crippen LogP contribution in [0.5, 0.6) is 0 Å². The highest BCUT2D eigenvalue weighted by molar-refractivity contribution is 4.89. The Bertz CT molecular complexity index is 216. The van der Waals surface area contributed by atoms with Crippen molar-refractivity contribution in [2.75, 3.05) is 26.7 Å². The molecule has 0 radical (unpaired) electrons. The van der Waals surface area contributed by atoms with E-state index >= 15 is 0 Å². The molecule has 1 aliphatic heterocycles. The normalized spacial score (nSPS) is 34.7. The lowest BCUT2D eigenvalue weighted by atomic mass is 10.0. The molecule has 16 heavy (non-hydrogen) atoms. The van der Waals surface area contributed by atoms with Gasteiger partial charge in [-0.3, -0.25) is 9.80 Å². The number of aliphatic hydroxyl groups is 1. The molecule has 0 bridgehead atoms. The van der Waals surface area contributed by atoms with Crippen molar-refractivity contribution in [3.8, 4) is 0 Å². The van der Waals surface area contributed by atoms with Crippen molar-refractivity contribution in [2.45, 2.75) is 57.2 Å². The summed E-state index contributed by atoms with van der Waals surface area (Å²) in [5, 5.41) is 9.13. The molecule has 1 saturated carbocycles. The molecule has 1 aliphatic carbocycles. The van der Waals surface area contributed by atoms with Gasteiger partial charge in [0, 0.05) is 37.8 Å². The number of hydrogen-bond donors (Lipinski definition) is 1. The minimum absolute atomic E-state index is 0.320. The number of piperazine rings is 1. The molecule has 1 N–H and O–H groups in total. The van der Waals surface area contributed by atoms with E-state index in [0.717, 1.165) is 19.0 Å². The van der Waals surface area contributed by atoms with Crippen LogP contribution in [0.25, 0.3) is 0 Å². The molecule has 1 heterocycles. The summed E-state index contributed by atoms with van der Waals surface area (Å²) >= 11 is 0. The summed E-state index contributed by atoms with van der Waals surface area (Å²) in [6, 6.07) is 2.01. The molecule has 3 heteroatoms. The summed E-state index contributed by atoms with van der Waals surface area (Å²) in [4.78, 5) is 5.12. The van der Waals surface area contributed by atoms with Crippen LogP contribution in [0.3, 0.4) is 0 Å². The highest BCUT2D eigenvalue weighted by atomic mass is 16.3. The molecule has 3 nitrogen and oxygen atoms in total. The molecule has 2 aliphatic rings. The molecule has 2 rings (SSSR count). The minimum Gasteiger partial charge on any atom is -0.396 e. The Balaban J connectivity index is 1.95. The Morgan fingerprint density at radius 1 is 1.19 bits per heavy atom. The Kier molecular flexibility index (Phi) is 4.22. The number of aliphatic hydroxyl groups excluding tert-OH is 1. The van der Waals surface area contributed by atoms with Gasteiger partial charge < -0.3 is 5.11 Å². The van der Waals surface area contributed by atoms with Gasteiger partial charge in [0.15, 0.2) is 0 Å². The molecule has 0 amide bonds. The third-order valence-corrected chi connectivity index (χ3v) is 4.52. The van der Waals surface area contributed by atoms with E-state index in [0.29, 0.717) is 18.7 Å². The maximum atomic E-state index is 9.13. The van der Waals surface area contributed by atoms with Crippen molar-refractivity contribution in [1.82, 2.24) is 9.80 Å². The Hall–Kier alpha value is -0.120. The molecule has 0 aromatic heterocycles. The maximum Gasteiger partial charge on any atom is 0.0446 e. The Morgan fingerprint density at radius 2 is 1.88 bits per heavy atom. The van der Waals surface area contributed by atoms with E-state index in [1.807, 2.05) is 0 Å². The summed E-state index contributed by atoms with van der Waals surface area (Å²) in [5.74, 6) is 0. The molecule has 2 unspecified atom stereocenters. The first-order chi connectivity index (χ1) is 7.72. The lowest BCUT2D eigenvalue weighted by Crippen LogP contribution is -2.58. The first-order valence-corrected chi connectivity index (χ1v) is 6.79. The van der Waals surface area contributed by atoms with E-state index in [4.69, 9.17) is 5.11 Å². The highest BCUT2D eigenvalue weighted by Gasteiger charge is 2.33. The fourth-order valence-corrected chi connectivity index (χ4v) is 3.31. The zero-order valence-corrected chi connectivity index (χ0v) is 10.7. The van der Waals surface area contributed by atoms with Crippen molar-refractivity contribution in [2.24, 2.45) is 0 Å². The van der Waals surface area contributed by atoms with Crippen LogP contribution in [0.2, 0.25) is 0 Å². The zero-order valence-electron chi connectivity index (χ0n) is 10.7. The summed E-state index contributed by atoms with van der Waals surface area (Å²) < 4.78 is 0. The monoisotopic (exact) mass is 226 g/mol. The summed E-state index contributed by atoms with van der Waals surface area (Å²) in [5.41, 5.74) is 0. The van der Waals surface area contributed by atoms with Crippen LogP contribution in [0, 0.1) is 0 Å². The van der Waals surface area contributed by atoms with E-state index in [1.54, 1.807) is 0 Å². The first kappa shape index (κ1) is 12.3. The molecule has 0 spiro atoms. The highest BCUT2D eigenvalue weighted by Crippen LogP contribution is 2.27. The molecular formula is C13H26N2O. The molecule has 0 aromatic carbocycles. The minimum atomic E-state index is 0.320. The van der Waals surface area contributed by atoms with Crippen molar-refractivity contribution in [3.05, 3.63) is 0 Å². The molecule has 1 saturated heterocycles. The number of nitrogens with zero attached hydrogens (tertiary/aromatic N) is 2. The van der Waals surface area contributed by atoms with Gasteiger partial charge in [-0.25, -0.2) is 0 Å². The van der Waals surface area contributed by atoms with Gasteiger partial charge in [0.1, 0.15) is 0 Å². The van der Waals surface area contributed by atoms with E-state index < -0.39 is 0 Å². The van der Waals surface area contributed by atoms with E-state index in [2.05, 4.69) is 23.8 Å². The topological polar surface area (TPSA) is 26.7 Å². The predicted molar refractivity (Wildman–Crippen MR) is 66.5 cm³/mol. The van der Waals surface area contributed by atoms with Crippen LogP contribution >= 0.6 is 0 Å². The molecule has 2 fully saturated rings. The number of hydrogen-bond acceptors (Lipinski definition) is 3. The molecular weight excluding hydrogens is 200 g/mol. The van der Waals surface area contributed by atoms with Crippen LogP contribution in [0.1, 0.15) is 39.0 Å². The quantitative estimate of drug-likeness (QED) is 0.786. The molecule has 0 aromatic rings. The van der Waals surface area contributed by atoms with E-state index in [9.17, 15) is 0 Å². The van der Waals surface area contributed by atoms with Gasteiger partial charge >= 0.3 is 0 Å². The van der Waals surface area contributed by atoms with Gasteiger partial charge in [-0.05, 0) is 33.2 Å². The van der Waals surface area contributed by atoms with Gasteiger partial charge in [0.25, 0.3) is 0 Å². The predicted octanol–water partition coefficient (Wildman–Crippen LogP) is 1.32. The summed E-state index contributed by atoms with van der Waals surface area (Å²) in [7, 11) is 2.21. The second kappa shape index (κ2) is 5.48. The van der Waals surface area contributed by atoms with Crippen molar-refractivity contribution in [3.63, 3.8) is 0 Å². The van der Waals surface area contributed by atoms with Gasteiger partial charge in [-0.2, -0.15) is 0 Å². The fourth-order valence-electron chi connectivity index (χ4n) is 3.31. The molecule has 94 valence electrons. The third kappa shape index (κ3) is 2.58. The summed E-state index contributed by atoms with van der Waals surface area (Å²) in [6.07, 6.45) is 6.53. The SMILES string of the molecule is CC1CN(C2CCCC2)CC(CCO)N1C. The first-order valence-electron chi connectivity index (χ1n) is 6.79. The lowest BCUT2D eigenvalue weighted by Gasteiger charge is -2.46. The maximum absolute atomic E-state index is 9.13.